The number of rotatable bonds is 2. The van der Waals surface area contributed by atoms with Gasteiger partial charge in [0, 0.05) is 17.5 Å². The molecule has 2 rings (SSSR count). The number of hydrogen-bond donors (Lipinski definition) is 1. The third-order valence-corrected chi connectivity index (χ3v) is 3.92. The molecule has 0 aromatic carbocycles. The van der Waals surface area contributed by atoms with Crippen LogP contribution in [0, 0.1) is 22.7 Å². The second-order valence-electron chi connectivity index (χ2n) is 6.64. The van der Waals surface area contributed by atoms with Crippen LogP contribution in [0.4, 0.5) is 0 Å². The van der Waals surface area contributed by atoms with E-state index in [9.17, 15) is 9.59 Å². The van der Waals surface area contributed by atoms with Crippen LogP contribution in [-0.2, 0) is 21.5 Å². The van der Waals surface area contributed by atoms with E-state index in [4.69, 9.17) is 10.5 Å². The highest BCUT2D eigenvalue weighted by Crippen LogP contribution is 2.27. The maximum absolute atomic E-state index is 12.1. The van der Waals surface area contributed by atoms with E-state index in [1.807, 2.05) is 18.3 Å². The van der Waals surface area contributed by atoms with Crippen LogP contribution in [0.15, 0.2) is 29.0 Å². The zero-order chi connectivity index (χ0) is 18.1. The van der Waals surface area contributed by atoms with E-state index < -0.39 is 11.8 Å². The Labute approximate surface area is 140 Å². The highest BCUT2D eigenvalue weighted by atomic mass is 16.2. The molecule has 1 N–H and O–H groups in total. The molecular formula is C18H18N4O2. The van der Waals surface area contributed by atoms with Gasteiger partial charge in [0.2, 0.25) is 0 Å². The Kier molecular flexibility index (Phi) is 4.43. The van der Waals surface area contributed by atoms with E-state index in [-0.39, 0.29) is 23.1 Å². The molecule has 1 aliphatic rings. The van der Waals surface area contributed by atoms with E-state index in [0.29, 0.717) is 11.3 Å². The maximum Gasteiger partial charge on any atom is 0.269 e. The van der Waals surface area contributed by atoms with Crippen molar-refractivity contribution in [3.05, 3.63) is 40.2 Å². The van der Waals surface area contributed by atoms with Gasteiger partial charge in [-0.3, -0.25) is 14.9 Å². The zero-order valence-corrected chi connectivity index (χ0v) is 14.1. The van der Waals surface area contributed by atoms with Crippen LogP contribution < -0.4 is 5.32 Å². The molecule has 0 saturated heterocycles. The van der Waals surface area contributed by atoms with E-state index in [1.54, 1.807) is 17.6 Å². The Morgan fingerprint density at radius 3 is 2.46 bits per heavy atom. The average molecular weight is 322 g/mol. The molecule has 24 heavy (non-hydrogen) atoms. The predicted molar refractivity (Wildman–Crippen MR) is 88.2 cm³/mol. The van der Waals surface area contributed by atoms with Crippen molar-refractivity contribution in [3.63, 3.8) is 0 Å². The molecule has 1 aromatic heterocycles. The van der Waals surface area contributed by atoms with Crippen molar-refractivity contribution in [3.8, 4) is 12.1 Å². The van der Waals surface area contributed by atoms with Gasteiger partial charge in [0.25, 0.3) is 11.8 Å². The van der Waals surface area contributed by atoms with Gasteiger partial charge in [-0.05, 0) is 35.6 Å². The van der Waals surface area contributed by atoms with Gasteiger partial charge in [-0.2, -0.15) is 10.5 Å². The van der Waals surface area contributed by atoms with Gasteiger partial charge >= 0.3 is 0 Å². The Balaban J connectivity index is 2.62. The largest absolute Gasteiger partial charge is 0.334 e. The number of amides is 2. The molecule has 1 aromatic rings. The average Bonchev–Trinajstić information content (AvgIpc) is 2.87. The summed E-state index contributed by atoms with van der Waals surface area (Å²) < 4.78 is 1.75. The van der Waals surface area contributed by atoms with Crippen LogP contribution in [0.5, 0.6) is 0 Å². The third-order valence-electron chi connectivity index (χ3n) is 3.92. The second-order valence-corrected chi connectivity index (χ2v) is 6.64. The van der Waals surface area contributed by atoms with Gasteiger partial charge in [-0.1, -0.05) is 20.8 Å². The van der Waals surface area contributed by atoms with Crippen molar-refractivity contribution in [1.82, 2.24) is 9.88 Å². The summed E-state index contributed by atoms with van der Waals surface area (Å²) in [5.41, 5.74) is 2.12. The number of carbonyl (C=O) groups excluding carboxylic acids is 2. The van der Waals surface area contributed by atoms with Gasteiger partial charge in [0.15, 0.2) is 0 Å². The number of carbonyl (C=O) groups is 2. The summed E-state index contributed by atoms with van der Waals surface area (Å²) in [6, 6.07) is 5.83. The first-order valence-corrected chi connectivity index (χ1v) is 7.45. The minimum atomic E-state index is -0.681. The van der Waals surface area contributed by atoms with E-state index >= 15 is 0 Å². The molecule has 6 heteroatoms. The Bertz CT molecular complexity index is 864. The van der Waals surface area contributed by atoms with Crippen LogP contribution in [0.25, 0.3) is 6.08 Å². The third kappa shape index (κ3) is 3.13. The maximum atomic E-state index is 12.1. The molecule has 0 radical (unpaired) electrons. The monoisotopic (exact) mass is 322 g/mol. The van der Waals surface area contributed by atoms with Crippen molar-refractivity contribution >= 4 is 17.9 Å². The summed E-state index contributed by atoms with van der Waals surface area (Å²) in [5.74, 6) is -1.22. The molecule has 0 unspecified atom stereocenters. The lowest BCUT2D eigenvalue weighted by atomic mass is 9.89. The fourth-order valence-corrected chi connectivity index (χ4v) is 2.43. The topological polar surface area (TPSA) is 98.7 Å². The van der Waals surface area contributed by atoms with Crippen molar-refractivity contribution in [2.75, 3.05) is 0 Å². The van der Waals surface area contributed by atoms with Gasteiger partial charge in [0.1, 0.15) is 18.2 Å². The molecule has 0 saturated carbocycles. The first kappa shape index (κ1) is 17.2. The molecule has 1 aliphatic heterocycles. The van der Waals surface area contributed by atoms with Crippen LogP contribution in [0.1, 0.15) is 39.0 Å². The second kappa shape index (κ2) is 6.17. The number of nitriles is 2. The normalized spacial score (nSPS) is 16.8. The Hall–Kier alpha value is -3.12. The van der Waals surface area contributed by atoms with Gasteiger partial charge in [0.05, 0.1) is 6.07 Å². The predicted octanol–water partition coefficient (Wildman–Crippen LogP) is 2.19. The van der Waals surface area contributed by atoms with Gasteiger partial charge in [-0.15, -0.1) is 0 Å². The van der Waals surface area contributed by atoms with E-state index in [0.717, 1.165) is 5.56 Å². The van der Waals surface area contributed by atoms with Gasteiger partial charge < -0.3 is 4.57 Å². The van der Waals surface area contributed by atoms with Crippen molar-refractivity contribution < 1.29 is 9.59 Å². The lowest BCUT2D eigenvalue weighted by Gasteiger charge is -2.16. The van der Waals surface area contributed by atoms with Crippen molar-refractivity contribution in [1.29, 1.82) is 10.5 Å². The first-order chi connectivity index (χ1) is 11.2. The van der Waals surface area contributed by atoms with Crippen LogP contribution in [0.3, 0.4) is 0 Å². The minimum absolute atomic E-state index is 0.0738. The SMILES string of the molecule is CC1=C(C#N)C(=O)NC(=O)C1=Cc1cc(C(C)(C)C)cn1CC#N. The molecule has 0 aliphatic carbocycles. The molecular weight excluding hydrogens is 304 g/mol. The quantitative estimate of drug-likeness (QED) is 0.666. The van der Waals surface area contributed by atoms with Crippen LogP contribution >= 0.6 is 0 Å². The number of nitrogens with one attached hydrogen (secondary N) is 1. The van der Waals surface area contributed by atoms with Crippen molar-refractivity contribution in [2.45, 2.75) is 39.7 Å². The molecule has 2 heterocycles. The summed E-state index contributed by atoms with van der Waals surface area (Å²) in [5, 5.41) is 20.3. The number of hydrogen-bond acceptors (Lipinski definition) is 4. The zero-order valence-electron chi connectivity index (χ0n) is 14.1. The molecule has 122 valence electrons. The lowest BCUT2D eigenvalue weighted by Crippen LogP contribution is -2.37. The number of aromatic nitrogens is 1. The summed E-state index contributed by atoms with van der Waals surface area (Å²) in [7, 11) is 0. The number of imide groups is 1. The smallest absolute Gasteiger partial charge is 0.269 e. The fraction of sp³-hybridized carbons (Fsp3) is 0.333. The lowest BCUT2D eigenvalue weighted by molar-refractivity contribution is -0.126. The summed E-state index contributed by atoms with van der Waals surface area (Å²) in [6.07, 6.45) is 3.49. The summed E-state index contributed by atoms with van der Waals surface area (Å²) in [6.45, 7) is 7.88. The number of nitrogens with zero attached hydrogens (tertiary/aromatic N) is 3. The summed E-state index contributed by atoms with van der Waals surface area (Å²) >= 11 is 0. The minimum Gasteiger partial charge on any atom is -0.334 e. The molecule has 0 spiro atoms. The van der Waals surface area contributed by atoms with Crippen molar-refractivity contribution in [2.24, 2.45) is 0 Å². The van der Waals surface area contributed by atoms with Gasteiger partial charge in [-0.25, -0.2) is 0 Å². The van der Waals surface area contributed by atoms with E-state index in [2.05, 4.69) is 32.2 Å². The van der Waals surface area contributed by atoms with E-state index in [1.165, 1.54) is 0 Å². The fourth-order valence-electron chi connectivity index (χ4n) is 2.43. The Morgan fingerprint density at radius 2 is 1.92 bits per heavy atom. The summed E-state index contributed by atoms with van der Waals surface area (Å²) in [4.78, 5) is 23.8. The standard InChI is InChI=1S/C18H18N4O2/c1-11-14(16(23)21-17(24)15(11)9-20)8-13-7-12(18(2,3)4)10-22(13)6-5-19/h7-8,10H,6H2,1-4H3,(H,21,23,24). The molecule has 0 atom stereocenters. The molecule has 6 nitrogen and oxygen atoms in total. The highest BCUT2D eigenvalue weighted by Gasteiger charge is 2.28. The highest BCUT2D eigenvalue weighted by molar-refractivity contribution is 6.19. The Morgan fingerprint density at radius 1 is 1.25 bits per heavy atom. The molecule has 0 fully saturated rings. The molecule has 0 bridgehead atoms. The molecule has 2 amide bonds. The van der Waals surface area contributed by atoms with Crippen LogP contribution in [-0.4, -0.2) is 16.4 Å². The first-order valence-electron chi connectivity index (χ1n) is 7.45. The van der Waals surface area contributed by atoms with Crippen LogP contribution in [0.2, 0.25) is 0 Å².